The monoisotopic (exact) mass is 386 g/mol. The lowest BCUT2D eigenvalue weighted by Gasteiger charge is -2.30. The molecule has 1 aromatic carbocycles. The summed E-state index contributed by atoms with van der Waals surface area (Å²) in [5.74, 6) is 1.06. The van der Waals surface area contributed by atoms with Crippen molar-refractivity contribution in [1.29, 1.82) is 0 Å². The van der Waals surface area contributed by atoms with Crippen LogP contribution in [0, 0.1) is 5.92 Å². The van der Waals surface area contributed by atoms with Crippen molar-refractivity contribution in [3.05, 3.63) is 42.5 Å². The van der Waals surface area contributed by atoms with Crippen LogP contribution in [-0.4, -0.2) is 11.4 Å². The van der Waals surface area contributed by atoms with Crippen LogP contribution in [0.2, 0.25) is 0 Å². The molecule has 2 heteroatoms. The molecule has 2 unspecified atom stereocenters. The Hall–Kier alpha value is -1.57. The number of unbranched alkanes of at least 4 members (excludes halogenated alkanes) is 6. The molecular weight excluding hydrogens is 344 g/mol. The molecule has 0 saturated heterocycles. The zero-order valence-electron chi connectivity index (χ0n) is 18.8. The van der Waals surface area contributed by atoms with Crippen molar-refractivity contribution in [1.82, 2.24) is 0 Å². The van der Waals surface area contributed by atoms with E-state index in [0.29, 0.717) is 0 Å². The Morgan fingerprint density at radius 3 is 2.25 bits per heavy atom. The summed E-state index contributed by atoms with van der Waals surface area (Å²) in [7, 11) is 0. The Labute approximate surface area is 173 Å². The third-order valence-corrected chi connectivity index (χ3v) is 5.90. The van der Waals surface area contributed by atoms with E-state index in [1.807, 2.05) is 6.92 Å². The molecule has 0 saturated carbocycles. The summed E-state index contributed by atoms with van der Waals surface area (Å²) in [6.07, 6.45) is 14.6. The first-order valence-corrected chi connectivity index (χ1v) is 11.4. The first kappa shape index (κ1) is 24.5. The lowest BCUT2D eigenvalue weighted by atomic mass is 9.90. The molecule has 0 spiro atoms. The van der Waals surface area contributed by atoms with E-state index in [1.165, 1.54) is 56.6 Å². The zero-order valence-corrected chi connectivity index (χ0v) is 18.8. The largest absolute Gasteiger partial charge is 0.488 e. The van der Waals surface area contributed by atoms with Crippen LogP contribution >= 0.6 is 0 Å². The maximum absolute atomic E-state index is 11.7. The van der Waals surface area contributed by atoms with Crippen LogP contribution in [-0.2, 0) is 11.2 Å². The van der Waals surface area contributed by atoms with Crippen molar-refractivity contribution in [3.63, 3.8) is 0 Å². The van der Waals surface area contributed by atoms with Gasteiger partial charge in [-0.3, -0.25) is 4.79 Å². The average Bonchev–Trinajstić information content (AvgIpc) is 2.72. The second-order valence-electron chi connectivity index (χ2n) is 8.47. The molecule has 0 N–H and O–H groups in total. The van der Waals surface area contributed by atoms with Crippen molar-refractivity contribution in [2.24, 2.45) is 5.92 Å². The van der Waals surface area contributed by atoms with E-state index < -0.39 is 0 Å². The fourth-order valence-electron chi connectivity index (χ4n) is 3.46. The topological polar surface area (TPSA) is 26.3 Å². The van der Waals surface area contributed by atoms with Crippen LogP contribution in [0.15, 0.2) is 36.9 Å². The molecule has 0 heterocycles. The predicted molar refractivity (Wildman–Crippen MR) is 121 cm³/mol. The van der Waals surface area contributed by atoms with Gasteiger partial charge >= 0.3 is 0 Å². The molecule has 2 nitrogen and oxygen atoms in total. The standard InChI is InChI=1S/C26H42O2/c1-6-9-10-11-12-13-14-15-23-16-18-24(19-17-23)28-26(5,8-3)21-20-22(4)25(27)7-2/h7,16-19,22H,2,6,8-15,20-21H2,1,3-5H3. The summed E-state index contributed by atoms with van der Waals surface area (Å²) in [6, 6.07) is 8.60. The second-order valence-corrected chi connectivity index (χ2v) is 8.47. The SMILES string of the molecule is C=CC(=O)C(C)CCC(C)(CC)Oc1ccc(CCCCCCCCC)cc1. The molecule has 0 radical (unpaired) electrons. The summed E-state index contributed by atoms with van der Waals surface area (Å²) in [5, 5.41) is 0. The minimum atomic E-state index is -0.240. The van der Waals surface area contributed by atoms with Gasteiger partial charge in [0.05, 0.1) is 0 Å². The van der Waals surface area contributed by atoms with Gasteiger partial charge in [0, 0.05) is 5.92 Å². The number of rotatable bonds is 16. The molecule has 0 aliphatic rings. The third kappa shape index (κ3) is 9.57. The smallest absolute Gasteiger partial charge is 0.157 e. The van der Waals surface area contributed by atoms with Crippen molar-refractivity contribution < 1.29 is 9.53 Å². The van der Waals surface area contributed by atoms with Crippen LogP contribution in [0.1, 0.15) is 97.5 Å². The number of ketones is 1. The summed E-state index contributed by atoms with van der Waals surface area (Å²) in [6.45, 7) is 12.1. The number of aryl methyl sites for hydroxylation is 1. The molecule has 0 amide bonds. The van der Waals surface area contributed by atoms with Gasteiger partial charge in [-0.25, -0.2) is 0 Å². The quantitative estimate of drug-likeness (QED) is 0.215. The molecule has 0 aromatic heterocycles. The van der Waals surface area contributed by atoms with E-state index >= 15 is 0 Å². The van der Waals surface area contributed by atoms with E-state index in [0.717, 1.165) is 31.4 Å². The molecule has 28 heavy (non-hydrogen) atoms. The number of carbonyl (C=O) groups is 1. The Bertz CT molecular complexity index is 560. The van der Waals surface area contributed by atoms with Gasteiger partial charge in [-0.05, 0) is 62.8 Å². The Morgan fingerprint density at radius 2 is 1.68 bits per heavy atom. The average molecular weight is 387 g/mol. The number of benzene rings is 1. The van der Waals surface area contributed by atoms with E-state index in [-0.39, 0.29) is 17.3 Å². The van der Waals surface area contributed by atoms with Crippen LogP contribution < -0.4 is 4.74 Å². The van der Waals surface area contributed by atoms with Gasteiger partial charge in [0.2, 0.25) is 0 Å². The van der Waals surface area contributed by atoms with Gasteiger partial charge in [0.1, 0.15) is 11.4 Å². The van der Waals surface area contributed by atoms with Crippen LogP contribution in [0.5, 0.6) is 5.75 Å². The summed E-state index contributed by atoms with van der Waals surface area (Å²) in [5.41, 5.74) is 1.15. The van der Waals surface area contributed by atoms with Crippen molar-refractivity contribution in [2.75, 3.05) is 0 Å². The molecule has 0 aliphatic carbocycles. The van der Waals surface area contributed by atoms with Gasteiger partial charge in [-0.1, -0.05) is 78.0 Å². The molecule has 1 aromatic rings. The molecule has 1 rings (SSSR count). The minimum Gasteiger partial charge on any atom is -0.488 e. The fourth-order valence-corrected chi connectivity index (χ4v) is 3.46. The lowest BCUT2D eigenvalue weighted by molar-refractivity contribution is -0.118. The van der Waals surface area contributed by atoms with Crippen LogP contribution in [0.4, 0.5) is 0 Å². The number of ether oxygens (including phenoxy) is 1. The van der Waals surface area contributed by atoms with E-state index in [2.05, 4.69) is 51.6 Å². The maximum atomic E-state index is 11.7. The zero-order chi connectivity index (χ0) is 20.8. The summed E-state index contributed by atoms with van der Waals surface area (Å²) >= 11 is 0. The minimum absolute atomic E-state index is 0.0105. The summed E-state index contributed by atoms with van der Waals surface area (Å²) in [4.78, 5) is 11.7. The molecular formula is C26H42O2. The molecule has 0 fully saturated rings. The highest BCUT2D eigenvalue weighted by atomic mass is 16.5. The molecule has 2 atom stereocenters. The first-order chi connectivity index (χ1) is 13.4. The summed E-state index contributed by atoms with van der Waals surface area (Å²) < 4.78 is 6.31. The van der Waals surface area contributed by atoms with Crippen LogP contribution in [0.25, 0.3) is 0 Å². The molecule has 158 valence electrons. The van der Waals surface area contributed by atoms with Gasteiger partial charge < -0.3 is 4.74 Å². The normalized spacial score (nSPS) is 14.3. The number of carbonyl (C=O) groups excluding carboxylic acids is 1. The molecule has 0 bridgehead atoms. The Morgan fingerprint density at radius 1 is 1.07 bits per heavy atom. The highest BCUT2D eigenvalue weighted by Crippen LogP contribution is 2.28. The van der Waals surface area contributed by atoms with E-state index in [9.17, 15) is 4.79 Å². The third-order valence-electron chi connectivity index (χ3n) is 5.90. The number of hydrogen-bond acceptors (Lipinski definition) is 2. The maximum Gasteiger partial charge on any atom is 0.157 e. The Kier molecular flexibility index (Phi) is 11.9. The van der Waals surface area contributed by atoms with Gasteiger partial charge in [0.15, 0.2) is 5.78 Å². The Balaban J connectivity index is 2.42. The number of allylic oxidation sites excluding steroid dienone is 1. The van der Waals surface area contributed by atoms with E-state index in [4.69, 9.17) is 4.74 Å². The van der Waals surface area contributed by atoms with Gasteiger partial charge in [0.25, 0.3) is 0 Å². The fraction of sp³-hybridized carbons (Fsp3) is 0.654. The van der Waals surface area contributed by atoms with Crippen LogP contribution in [0.3, 0.4) is 0 Å². The van der Waals surface area contributed by atoms with Gasteiger partial charge in [-0.2, -0.15) is 0 Å². The number of hydrogen-bond donors (Lipinski definition) is 0. The predicted octanol–water partition coefficient (Wildman–Crippen LogP) is 7.70. The van der Waals surface area contributed by atoms with Crippen molar-refractivity contribution >= 4 is 5.78 Å². The highest BCUT2D eigenvalue weighted by molar-refractivity contribution is 5.90. The molecule has 0 aliphatic heterocycles. The van der Waals surface area contributed by atoms with E-state index in [1.54, 1.807) is 0 Å². The first-order valence-electron chi connectivity index (χ1n) is 11.4. The second kappa shape index (κ2) is 13.6. The lowest BCUT2D eigenvalue weighted by Crippen LogP contribution is -2.32. The highest BCUT2D eigenvalue weighted by Gasteiger charge is 2.26. The van der Waals surface area contributed by atoms with Gasteiger partial charge in [-0.15, -0.1) is 0 Å². The van der Waals surface area contributed by atoms with Crippen molar-refractivity contribution in [3.8, 4) is 5.75 Å². The van der Waals surface area contributed by atoms with Crippen molar-refractivity contribution in [2.45, 2.75) is 104 Å².